The zero-order valence-electron chi connectivity index (χ0n) is 12.8. The molecule has 2 unspecified atom stereocenters. The lowest BCUT2D eigenvalue weighted by atomic mass is 9.80. The van der Waals surface area contributed by atoms with Crippen LogP contribution in [0.15, 0.2) is 0 Å². The molecule has 5 heteroatoms. The van der Waals surface area contributed by atoms with Crippen molar-refractivity contribution in [2.75, 3.05) is 0 Å². The molecule has 0 bridgehead atoms. The van der Waals surface area contributed by atoms with Gasteiger partial charge in [-0.05, 0) is 57.2 Å². The van der Waals surface area contributed by atoms with Gasteiger partial charge in [-0.1, -0.05) is 13.8 Å². The molecule has 0 amide bonds. The summed E-state index contributed by atoms with van der Waals surface area (Å²) in [5, 5.41) is 4.62. The van der Waals surface area contributed by atoms with Crippen molar-refractivity contribution < 1.29 is 0 Å². The molecular weight excluding hydrogens is 268 g/mol. The van der Waals surface area contributed by atoms with Crippen LogP contribution < -0.4 is 0 Å². The van der Waals surface area contributed by atoms with Gasteiger partial charge in [-0.25, -0.2) is 4.68 Å². The van der Waals surface area contributed by atoms with Crippen molar-refractivity contribution in [2.24, 2.45) is 11.8 Å². The van der Waals surface area contributed by atoms with Crippen LogP contribution in [0.3, 0.4) is 0 Å². The second-order valence-electron chi connectivity index (χ2n) is 6.47. The third-order valence-electron chi connectivity index (χ3n) is 4.60. The van der Waals surface area contributed by atoms with Crippen molar-refractivity contribution in [2.45, 2.75) is 59.5 Å². The minimum atomic E-state index is 0.511. The summed E-state index contributed by atoms with van der Waals surface area (Å²) in [6.07, 6.45) is 3.78. The zero-order chi connectivity index (χ0) is 14.4. The molecule has 1 aliphatic carbocycles. The first kappa shape index (κ1) is 13.9. The quantitative estimate of drug-likeness (QED) is 0.842. The van der Waals surface area contributed by atoms with E-state index < -0.39 is 0 Å². The summed E-state index contributed by atoms with van der Waals surface area (Å²) < 4.78 is 5.27. The van der Waals surface area contributed by atoms with Gasteiger partial charge in [-0.15, -0.1) is 0 Å². The first-order valence-electron chi connectivity index (χ1n) is 7.68. The van der Waals surface area contributed by atoms with Crippen LogP contribution in [0.25, 0.3) is 11.2 Å². The highest BCUT2D eigenvalue weighted by molar-refractivity contribution is 7.71. The molecule has 1 fully saturated rings. The maximum atomic E-state index is 5.60. The van der Waals surface area contributed by atoms with Crippen LogP contribution >= 0.6 is 12.2 Å². The highest BCUT2D eigenvalue weighted by atomic mass is 32.1. The molecule has 2 heterocycles. The summed E-state index contributed by atoms with van der Waals surface area (Å²) in [6, 6.07) is 0.511. The molecule has 1 N–H and O–H groups in total. The number of aryl methyl sites for hydroxylation is 2. The Morgan fingerprint density at radius 1 is 1.25 bits per heavy atom. The predicted molar refractivity (Wildman–Crippen MR) is 84.5 cm³/mol. The van der Waals surface area contributed by atoms with Crippen LogP contribution in [-0.4, -0.2) is 19.3 Å². The Kier molecular flexibility index (Phi) is 3.48. The number of fused-ring (bicyclic) bond motifs is 1. The SMILES string of the molecule is CCn1nc(C)c2[nH]c(=S)n(C3CC(C)CC(C)C3)c21. The van der Waals surface area contributed by atoms with Crippen molar-refractivity contribution >= 4 is 23.4 Å². The minimum Gasteiger partial charge on any atom is -0.328 e. The molecule has 2 aromatic rings. The molecule has 1 aliphatic rings. The average molecular weight is 292 g/mol. The summed E-state index contributed by atoms with van der Waals surface area (Å²) >= 11 is 5.60. The highest BCUT2D eigenvalue weighted by Gasteiger charge is 2.28. The fraction of sp³-hybridized carbons (Fsp3) is 0.733. The van der Waals surface area contributed by atoms with E-state index in [9.17, 15) is 0 Å². The lowest BCUT2D eigenvalue weighted by Crippen LogP contribution is -2.23. The molecule has 2 aromatic heterocycles. The highest BCUT2D eigenvalue weighted by Crippen LogP contribution is 2.38. The fourth-order valence-electron chi connectivity index (χ4n) is 3.90. The van der Waals surface area contributed by atoms with Crippen LogP contribution in [0.1, 0.15) is 51.8 Å². The maximum Gasteiger partial charge on any atom is 0.179 e. The monoisotopic (exact) mass is 292 g/mol. The Morgan fingerprint density at radius 2 is 1.90 bits per heavy atom. The van der Waals surface area contributed by atoms with Gasteiger partial charge >= 0.3 is 0 Å². The smallest absolute Gasteiger partial charge is 0.179 e. The van der Waals surface area contributed by atoms with Gasteiger partial charge in [0, 0.05) is 12.6 Å². The normalized spacial score (nSPS) is 27.3. The van der Waals surface area contributed by atoms with Gasteiger partial charge in [0.05, 0.1) is 5.69 Å². The summed E-state index contributed by atoms with van der Waals surface area (Å²) in [5.74, 6) is 1.55. The molecule has 0 saturated heterocycles. The van der Waals surface area contributed by atoms with Gasteiger partial charge in [0.2, 0.25) is 0 Å². The molecule has 2 atom stereocenters. The van der Waals surface area contributed by atoms with E-state index in [1.54, 1.807) is 0 Å². The number of aromatic nitrogens is 4. The van der Waals surface area contributed by atoms with E-state index in [1.807, 2.05) is 0 Å². The molecule has 0 aromatic carbocycles. The molecule has 1 saturated carbocycles. The molecular formula is C15H24N4S. The number of nitrogens with zero attached hydrogens (tertiary/aromatic N) is 3. The van der Waals surface area contributed by atoms with Gasteiger partial charge in [-0.2, -0.15) is 5.10 Å². The van der Waals surface area contributed by atoms with E-state index in [2.05, 4.69) is 47.0 Å². The number of H-pyrrole nitrogens is 1. The van der Waals surface area contributed by atoms with Gasteiger partial charge in [-0.3, -0.25) is 4.57 Å². The lowest BCUT2D eigenvalue weighted by molar-refractivity contribution is 0.222. The second kappa shape index (κ2) is 5.02. The first-order chi connectivity index (χ1) is 9.51. The topological polar surface area (TPSA) is 38.5 Å². The lowest BCUT2D eigenvalue weighted by Gasteiger charge is -2.32. The summed E-state index contributed by atoms with van der Waals surface area (Å²) in [6.45, 7) is 9.79. The van der Waals surface area contributed by atoms with E-state index in [1.165, 1.54) is 24.9 Å². The maximum absolute atomic E-state index is 5.60. The van der Waals surface area contributed by atoms with Crippen molar-refractivity contribution in [1.29, 1.82) is 0 Å². The number of imidazole rings is 1. The molecule has 110 valence electrons. The molecule has 3 rings (SSSR count). The van der Waals surface area contributed by atoms with Crippen LogP contribution in [0, 0.1) is 23.5 Å². The molecule has 4 nitrogen and oxygen atoms in total. The van der Waals surface area contributed by atoms with Gasteiger partial charge in [0.25, 0.3) is 0 Å². The van der Waals surface area contributed by atoms with E-state index >= 15 is 0 Å². The molecule has 0 aliphatic heterocycles. The largest absolute Gasteiger partial charge is 0.328 e. The first-order valence-corrected chi connectivity index (χ1v) is 8.09. The van der Waals surface area contributed by atoms with Crippen LogP contribution in [-0.2, 0) is 6.54 Å². The Balaban J connectivity index is 2.15. The van der Waals surface area contributed by atoms with Crippen LogP contribution in [0.4, 0.5) is 0 Å². The Hall–Kier alpha value is -1.10. The molecule has 0 spiro atoms. The number of hydrogen-bond donors (Lipinski definition) is 1. The summed E-state index contributed by atoms with van der Waals surface area (Å²) in [7, 11) is 0. The third-order valence-corrected chi connectivity index (χ3v) is 4.90. The van der Waals surface area contributed by atoms with Gasteiger partial charge in [0.15, 0.2) is 10.4 Å². The summed E-state index contributed by atoms with van der Waals surface area (Å²) in [5.41, 5.74) is 3.34. The molecule has 0 radical (unpaired) electrons. The van der Waals surface area contributed by atoms with Gasteiger partial charge in [0.1, 0.15) is 5.52 Å². The Labute approximate surface area is 125 Å². The average Bonchev–Trinajstić information content (AvgIpc) is 2.85. The van der Waals surface area contributed by atoms with E-state index in [4.69, 9.17) is 12.2 Å². The Bertz CT molecular complexity index is 668. The zero-order valence-corrected chi connectivity index (χ0v) is 13.6. The minimum absolute atomic E-state index is 0.511. The van der Waals surface area contributed by atoms with E-state index in [0.29, 0.717) is 6.04 Å². The van der Waals surface area contributed by atoms with Crippen molar-refractivity contribution in [1.82, 2.24) is 19.3 Å². The van der Waals surface area contributed by atoms with Crippen molar-refractivity contribution in [3.63, 3.8) is 0 Å². The predicted octanol–water partition coefficient (Wildman–Crippen LogP) is 4.22. The second-order valence-corrected chi connectivity index (χ2v) is 6.86. The number of rotatable bonds is 2. The molecule has 20 heavy (non-hydrogen) atoms. The van der Waals surface area contributed by atoms with Crippen molar-refractivity contribution in [3.8, 4) is 0 Å². The fourth-order valence-corrected chi connectivity index (χ4v) is 4.24. The number of aromatic amines is 1. The standard InChI is InChI=1S/C15H24N4S/c1-5-18-14-13(11(4)17-18)16-15(20)19(14)12-7-9(2)6-10(3)8-12/h9-10,12H,5-8H2,1-4H3,(H,16,20). The summed E-state index contributed by atoms with van der Waals surface area (Å²) in [4.78, 5) is 3.37. The van der Waals surface area contributed by atoms with Crippen LogP contribution in [0.2, 0.25) is 0 Å². The number of hydrogen-bond acceptors (Lipinski definition) is 2. The van der Waals surface area contributed by atoms with Crippen LogP contribution in [0.5, 0.6) is 0 Å². The van der Waals surface area contributed by atoms with E-state index in [0.717, 1.165) is 34.4 Å². The number of nitrogens with one attached hydrogen (secondary N) is 1. The third kappa shape index (κ3) is 2.12. The Morgan fingerprint density at radius 3 is 2.50 bits per heavy atom. The van der Waals surface area contributed by atoms with Gasteiger partial charge < -0.3 is 4.98 Å². The van der Waals surface area contributed by atoms with E-state index in [-0.39, 0.29) is 0 Å². The van der Waals surface area contributed by atoms with Crippen molar-refractivity contribution in [3.05, 3.63) is 10.5 Å².